The van der Waals surface area contributed by atoms with Crippen LogP contribution in [0, 0.1) is 23.2 Å². The summed E-state index contributed by atoms with van der Waals surface area (Å²) in [5.74, 6) is -3.90. The predicted molar refractivity (Wildman–Crippen MR) is 134 cm³/mol. The van der Waals surface area contributed by atoms with Crippen molar-refractivity contribution in [1.82, 2.24) is 9.80 Å². The third kappa shape index (κ3) is 4.77. The topological polar surface area (TPSA) is 164 Å². The Kier molecular flexibility index (Phi) is 7.86. The number of allylic oxidation sites excluding steroid dienone is 3. The lowest BCUT2D eigenvalue weighted by molar-refractivity contribution is -0.122. The van der Waals surface area contributed by atoms with E-state index in [4.69, 9.17) is 11.1 Å². The van der Waals surface area contributed by atoms with Gasteiger partial charge in [-0.2, -0.15) is 0 Å². The Morgan fingerprint density at radius 3 is 2.54 bits per heavy atom. The molecule has 5 atom stereocenters. The minimum absolute atomic E-state index is 0.167. The number of nitrogens with two attached hydrogens (primary N) is 1. The number of aliphatic hydroxyl groups excluding tert-OH is 3. The van der Waals surface area contributed by atoms with Crippen LogP contribution in [0.15, 0.2) is 39.0 Å². The number of carbonyl (C=O) groups excluding carboxylic acids is 2. The molecule has 0 heterocycles. The van der Waals surface area contributed by atoms with E-state index >= 15 is 0 Å². The molecule has 0 aromatic heterocycles. The number of primary amides is 1. The van der Waals surface area contributed by atoms with E-state index in [0.717, 1.165) is 6.42 Å². The van der Waals surface area contributed by atoms with Gasteiger partial charge in [0.1, 0.15) is 17.3 Å². The average Bonchev–Trinajstić information content (AvgIpc) is 2.76. The maximum absolute atomic E-state index is 13.8. The minimum Gasteiger partial charge on any atom is -0.510 e. The zero-order valence-corrected chi connectivity index (χ0v) is 21.1. The van der Waals surface area contributed by atoms with Crippen molar-refractivity contribution >= 4 is 23.6 Å². The molecule has 0 aromatic rings. The number of nitrogens with zero attached hydrogens (tertiary/aromatic N) is 3. The first-order valence-electron chi connectivity index (χ1n) is 12.0. The van der Waals surface area contributed by atoms with E-state index in [0.29, 0.717) is 25.8 Å². The second-order valence-corrected chi connectivity index (χ2v) is 9.94. The van der Waals surface area contributed by atoms with E-state index in [2.05, 4.69) is 4.99 Å². The molecule has 10 nitrogen and oxygen atoms in total. The van der Waals surface area contributed by atoms with Gasteiger partial charge in [0, 0.05) is 11.1 Å². The fourth-order valence-electron chi connectivity index (χ4n) is 5.54. The molecule has 3 unspecified atom stereocenters. The van der Waals surface area contributed by atoms with Crippen LogP contribution < -0.4 is 5.73 Å². The lowest BCUT2D eigenvalue weighted by atomic mass is 9.59. The Labute approximate surface area is 206 Å². The Bertz CT molecular complexity index is 1040. The summed E-state index contributed by atoms with van der Waals surface area (Å²) in [7, 11) is 5.52. The molecular weight excluding hydrogens is 450 g/mol. The molecule has 0 aliphatic heterocycles. The number of carbonyl (C=O) groups is 2. The van der Waals surface area contributed by atoms with Gasteiger partial charge in [0.25, 0.3) is 5.91 Å². The number of Topliss-reactive ketones (excluding diaryl/α,β-unsaturated/α-hetero) is 1. The van der Waals surface area contributed by atoms with Gasteiger partial charge in [-0.25, -0.2) is 0 Å². The minimum atomic E-state index is -1.02. The zero-order valence-electron chi connectivity index (χ0n) is 21.1. The number of amides is 1. The lowest BCUT2D eigenvalue weighted by Crippen LogP contribution is -2.56. The first kappa shape index (κ1) is 26.6. The summed E-state index contributed by atoms with van der Waals surface area (Å²) in [6.07, 6.45) is 3.23. The van der Waals surface area contributed by atoms with Crippen LogP contribution in [0.2, 0.25) is 0 Å². The van der Waals surface area contributed by atoms with Crippen LogP contribution in [0.4, 0.5) is 0 Å². The SMILES string of the molecule is CCCN(C)[C@@H]1C(O)=C(C(N)=O)C(=N)C2C(=O)C3=C(O)/C(=C(\O)C=NC(C)N(C)C)CC[C@H]3CC21. The summed E-state index contributed by atoms with van der Waals surface area (Å²) in [4.78, 5) is 33.9. The van der Waals surface area contributed by atoms with Crippen LogP contribution in [-0.4, -0.2) is 88.6 Å². The van der Waals surface area contributed by atoms with E-state index in [1.807, 2.05) is 44.8 Å². The monoisotopic (exact) mass is 487 g/mol. The van der Waals surface area contributed by atoms with Crippen molar-refractivity contribution in [2.75, 3.05) is 27.7 Å². The van der Waals surface area contributed by atoms with Gasteiger partial charge in [-0.1, -0.05) is 6.92 Å². The fraction of sp³-hybridized carbons (Fsp3) is 0.600. The number of aliphatic hydroxyl groups is 3. The van der Waals surface area contributed by atoms with Crippen molar-refractivity contribution in [3.63, 3.8) is 0 Å². The molecule has 0 bridgehead atoms. The van der Waals surface area contributed by atoms with E-state index in [9.17, 15) is 24.9 Å². The second kappa shape index (κ2) is 10.3. The molecule has 1 amide bonds. The van der Waals surface area contributed by atoms with Crippen LogP contribution in [-0.2, 0) is 9.59 Å². The third-order valence-electron chi connectivity index (χ3n) is 7.51. The van der Waals surface area contributed by atoms with Crippen LogP contribution in [0.3, 0.4) is 0 Å². The van der Waals surface area contributed by atoms with Crippen LogP contribution in [0.1, 0.15) is 39.5 Å². The van der Waals surface area contributed by atoms with Crippen molar-refractivity contribution < 1.29 is 24.9 Å². The normalized spacial score (nSPS) is 29.7. The largest absolute Gasteiger partial charge is 0.510 e. The summed E-state index contributed by atoms with van der Waals surface area (Å²) < 4.78 is 0. The zero-order chi connectivity index (χ0) is 26.2. The molecule has 6 N–H and O–H groups in total. The number of hydrogen-bond acceptors (Lipinski definition) is 9. The fourth-order valence-corrected chi connectivity index (χ4v) is 5.54. The van der Waals surface area contributed by atoms with Crippen molar-refractivity contribution in [1.29, 1.82) is 5.41 Å². The van der Waals surface area contributed by atoms with Crippen LogP contribution in [0.25, 0.3) is 0 Å². The van der Waals surface area contributed by atoms with Crippen LogP contribution >= 0.6 is 0 Å². The molecule has 0 radical (unpaired) electrons. The van der Waals surface area contributed by atoms with Gasteiger partial charge in [0.15, 0.2) is 5.78 Å². The molecule has 1 saturated carbocycles. The van der Waals surface area contributed by atoms with Crippen molar-refractivity contribution in [3.05, 3.63) is 34.0 Å². The molecule has 0 saturated heterocycles. The van der Waals surface area contributed by atoms with Gasteiger partial charge >= 0.3 is 0 Å². The number of fused-ring (bicyclic) bond motifs is 2. The summed E-state index contributed by atoms with van der Waals surface area (Å²) in [6.45, 7) is 4.47. The van der Waals surface area contributed by atoms with Crippen molar-refractivity contribution in [3.8, 4) is 0 Å². The average molecular weight is 488 g/mol. The van der Waals surface area contributed by atoms with Crippen LogP contribution in [0.5, 0.6) is 0 Å². The van der Waals surface area contributed by atoms with Gasteiger partial charge < -0.3 is 26.5 Å². The third-order valence-corrected chi connectivity index (χ3v) is 7.51. The Morgan fingerprint density at radius 2 is 1.97 bits per heavy atom. The second-order valence-electron chi connectivity index (χ2n) is 9.94. The van der Waals surface area contributed by atoms with Crippen molar-refractivity contribution in [2.24, 2.45) is 28.5 Å². The highest BCUT2D eigenvalue weighted by atomic mass is 16.3. The molecule has 3 rings (SSSR count). The van der Waals surface area contributed by atoms with Gasteiger partial charge in [-0.15, -0.1) is 0 Å². The number of rotatable bonds is 7. The standard InChI is InChI=1S/C25H37N5O5/c1-6-9-30(5)21-15-10-13-7-8-14(16(31)11-28-12(2)29(3)4)22(32)17(13)23(33)18(15)20(26)19(24(21)34)25(27)35/h11-13,15,18,21,26,31-32,34H,6-10H2,1-5H3,(H2,27,35)/b16-14-,26-20?,28-11?/t12?,13-,15?,18?,21-/m0/s1. The highest BCUT2D eigenvalue weighted by molar-refractivity contribution is 6.28. The van der Waals surface area contributed by atoms with E-state index < -0.39 is 29.6 Å². The Morgan fingerprint density at radius 1 is 1.31 bits per heavy atom. The smallest absolute Gasteiger partial charge is 0.254 e. The molecule has 3 aliphatic rings. The highest BCUT2D eigenvalue weighted by Gasteiger charge is 2.54. The molecule has 35 heavy (non-hydrogen) atoms. The molecule has 0 spiro atoms. The molecule has 1 fully saturated rings. The number of aliphatic imine (C=N–C) groups is 1. The molecule has 192 valence electrons. The molecular formula is C25H37N5O5. The lowest BCUT2D eigenvalue weighted by Gasteiger charge is -2.47. The maximum atomic E-state index is 13.8. The van der Waals surface area contributed by atoms with E-state index in [1.54, 1.807) is 0 Å². The van der Waals surface area contributed by atoms with Crippen molar-refractivity contribution in [2.45, 2.75) is 51.7 Å². The first-order valence-corrected chi connectivity index (χ1v) is 12.0. The highest BCUT2D eigenvalue weighted by Crippen LogP contribution is 2.49. The number of nitrogens with one attached hydrogen (secondary N) is 1. The summed E-state index contributed by atoms with van der Waals surface area (Å²) >= 11 is 0. The van der Waals surface area contributed by atoms with Gasteiger partial charge in [-0.3, -0.25) is 24.4 Å². The Hall–Kier alpha value is -2.98. The number of hydrogen-bond donors (Lipinski definition) is 5. The van der Waals surface area contributed by atoms with Gasteiger partial charge in [0.05, 0.1) is 35.6 Å². The molecule has 0 aromatic carbocycles. The van der Waals surface area contributed by atoms with E-state index in [1.165, 1.54) is 6.21 Å². The maximum Gasteiger partial charge on any atom is 0.254 e. The molecule has 10 heteroatoms. The quantitative estimate of drug-likeness (QED) is 0.271. The predicted octanol–water partition coefficient (Wildman–Crippen LogP) is 2.25. The first-order chi connectivity index (χ1) is 16.4. The number of ketones is 1. The summed E-state index contributed by atoms with van der Waals surface area (Å²) in [5, 5.41) is 41.3. The van der Waals surface area contributed by atoms with Gasteiger partial charge in [-0.05, 0) is 72.1 Å². The summed E-state index contributed by atoms with van der Waals surface area (Å²) in [5.41, 5.74) is 5.27. The molecule has 3 aliphatic carbocycles. The summed E-state index contributed by atoms with van der Waals surface area (Å²) in [6, 6.07) is -0.630. The number of likely N-dealkylation sites (N-methyl/N-ethyl adjacent to an activating group) is 1. The van der Waals surface area contributed by atoms with Gasteiger partial charge in [0.2, 0.25) is 0 Å². The Balaban J connectivity index is 2.07. The van der Waals surface area contributed by atoms with E-state index in [-0.39, 0.29) is 51.8 Å².